The van der Waals surface area contributed by atoms with Crippen molar-refractivity contribution >= 4 is 22.4 Å². The van der Waals surface area contributed by atoms with Gasteiger partial charge in [-0.3, -0.25) is 4.79 Å². The summed E-state index contributed by atoms with van der Waals surface area (Å²) in [7, 11) is 1.40. The van der Waals surface area contributed by atoms with Crippen LogP contribution < -0.4 is 15.2 Å². The summed E-state index contributed by atoms with van der Waals surface area (Å²) < 4.78 is 35.3. The molecule has 1 heterocycles. The van der Waals surface area contributed by atoms with E-state index in [1.54, 1.807) is 17.0 Å². The van der Waals surface area contributed by atoms with Gasteiger partial charge in [-0.15, -0.1) is 0 Å². The van der Waals surface area contributed by atoms with Gasteiger partial charge >= 0.3 is 6.61 Å². The molecular formula is C25H27F2N3O3S. The number of amides is 1. The zero-order valence-electron chi connectivity index (χ0n) is 19.1. The summed E-state index contributed by atoms with van der Waals surface area (Å²) in [5.74, 6) is 0.504. The molecule has 0 atom stereocenters. The molecule has 0 aliphatic heterocycles. The minimum atomic E-state index is -2.95. The van der Waals surface area contributed by atoms with E-state index < -0.39 is 6.61 Å². The van der Waals surface area contributed by atoms with Crippen molar-refractivity contribution in [3.63, 3.8) is 0 Å². The molecule has 0 bridgehead atoms. The number of benzene rings is 2. The van der Waals surface area contributed by atoms with Crippen LogP contribution in [0.2, 0.25) is 0 Å². The van der Waals surface area contributed by atoms with Crippen molar-refractivity contribution < 1.29 is 23.0 Å². The highest BCUT2D eigenvalue weighted by Gasteiger charge is 2.30. The van der Waals surface area contributed by atoms with Gasteiger partial charge in [0.05, 0.1) is 12.0 Å². The van der Waals surface area contributed by atoms with Gasteiger partial charge in [-0.25, -0.2) is 4.98 Å². The lowest BCUT2D eigenvalue weighted by Crippen LogP contribution is -2.35. The van der Waals surface area contributed by atoms with Crippen LogP contribution in [0.5, 0.6) is 11.5 Å². The van der Waals surface area contributed by atoms with E-state index in [0.29, 0.717) is 36.3 Å². The third-order valence-electron chi connectivity index (χ3n) is 5.70. The molecule has 2 aromatic carbocycles. The minimum absolute atomic E-state index is 0.0240. The smallest absolute Gasteiger partial charge is 0.387 e. The van der Waals surface area contributed by atoms with Gasteiger partial charge in [0.15, 0.2) is 16.6 Å². The molecule has 2 N–H and O–H groups in total. The normalized spacial score (nSPS) is 13.2. The van der Waals surface area contributed by atoms with Gasteiger partial charge in [-0.05, 0) is 55.4 Å². The first-order valence-corrected chi connectivity index (χ1v) is 11.9. The number of hydrogen-bond donors (Lipinski definition) is 1. The Kier molecular flexibility index (Phi) is 7.31. The van der Waals surface area contributed by atoms with E-state index in [9.17, 15) is 13.6 Å². The van der Waals surface area contributed by atoms with Crippen molar-refractivity contribution in [2.75, 3.05) is 25.9 Å². The fourth-order valence-corrected chi connectivity index (χ4v) is 4.65. The number of aromatic nitrogens is 1. The van der Waals surface area contributed by atoms with Crippen LogP contribution in [0.15, 0.2) is 42.5 Å². The van der Waals surface area contributed by atoms with Crippen LogP contribution >= 0.6 is 11.3 Å². The molecular weight excluding hydrogens is 460 g/mol. The summed E-state index contributed by atoms with van der Waals surface area (Å²) in [5.41, 5.74) is 9.11. The summed E-state index contributed by atoms with van der Waals surface area (Å²) in [6.07, 6.45) is 2.65. The first kappa shape index (κ1) is 23.9. The number of hydrogen-bond acceptors (Lipinski definition) is 6. The number of carbonyl (C=O) groups excluding carboxylic acids is 1. The highest BCUT2D eigenvalue weighted by molar-refractivity contribution is 7.19. The first-order chi connectivity index (χ1) is 16.3. The van der Waals surface area contributed by atoms with Crippen molar-refractivity contribution in [2.45, 2.75) is 32.8 Å². The van der Waals surface area contributed by atoms with Gasteiger partial charge in [0, 0.05) is 13.1 Å². The van der Waals surface area contributed by atoms with Crippen molar-refractivity contribution in [3.8, 4) is 21.9 Å². The number of alkyl halides is 2. The third-order valence-corrected chi connectivity index (χ3v) is 6.64. The molecule has 180 valence electrons. The van der Waals surface area contributed by atoms with Crippen LogP contribution in [0.3, 0.4) is 0 Å². The van der Waals surface area contributed by atoms with Gasteiger partial charge < -0.3 is 20.1 Å². The van der Waals surface area contributed by atoms with Crippen molar-refractivity contribution in [1.29, 1.82) is 0 Å². The largest absolute Gasteiger partial charge is 0.493 e. The summed E-state index contributed by atoms with van der Waals surface area (Å²) >= 11 is 1.30. The number of nitrogens with two attached hydrogens (primary N) is 1. The molecule has 0 unspecified atom stereocenters. The Morgan fingerprint density at radius 2 is 2.03 bits per heavy atom. The average molecular weight is 488 g/mol. The standard InChI is InChI=1S/C25H27F2N3O3S/c1-15-4-3-5-18(12-15)22-21(29-25(28)34-22)23(31)30(14-17-6-7-17)11-10-16-8-9-19(32-2)20(13-16)33-24(26)27/h3-5,8-9,12-13,17,24H,6-7,10-11,14H2,1-2H3,(H2,28,29). The minimum Gasteiger partial charge on any atom is -0.493 e. The molecule has 1 saturated carbocycles. The van der Waals surface area contributed by atoms with Crippen LogP contribution in [0.4, 0.5) is 13.9 Å². The maximum absolute atomic E-state index is 13.6. The molecule has 3 aromatic rings. The second-order valence-corrected chi connectivity index (χ2v) is 9.44. The molecule has 6 nitrogen and oxygen atoms in total. The number of halogens is 2. The molecule has 1 aromatic heterocycles. The van der Waals surface area contributed by atoms with Gasteiger partial charge in [-0.2, -0.15) is 8.78 Å². The van der Waals surface area contributed by atoms with E-state index in [0.717, 1.165) is 34.4 Å². The monoisotopic (exact) mass is 487 g/mol. The average Bonchev–Trinajstić information content (AvgIpc) is 3.54. The Hall–Kier alpha value is -3.20. The number of anilines is 1. The fourth-order valence-electron chi connectivity index (χ4n) is 3.83. The fraction of sp³-hybridized carbons (Fsp3) is 0.360. The van der Waals surface area contributed by atoms with Crippen molar-refractivity contribution in [2.24, 2.45) is 5.92 Å². The Morgan fingerprint density at radius 3 is 2.71 bits per heavy atom. The highest BCUT2D eigenvalue weighted by Crippen LogP contribution is 2.35. The van der Waals surface area contributed by atoms with E-state index >= 15 is 0 Å². The maximum Gasteiger partial charge on any atom is 0.387 e. The Labute approximate surface area is 201 Å². The van der Waals surface area contributed by atoms with Crippen molar-refractivity contribution in [3.05, 3.63) is 59.3 Å². The van der Waals surface area contributed by atoms with E-state index in [4.69, 9.17) is 10.5 Å². The van der Waals surface area contributed by atoms with E-state index in [2.05, 4.69) is 9.72 Å². The number of carbonyl (C=O) groups is 1. The molecule has 1 aliphatic carbocycles. The molecule has 1 amide bonds. The molecule has 1 aliphatic rings. The summed E-state index contributed by atoms with van der Waals surface area (Å²) in [6, 6.07) is 12.8. The lowest BCUT2D eigenvalue weighted by molar-refractivity contribution is -0.0512. The van der Waals surface area contributed by atoms with Crippen LogP contribution in [0, 0.1) is 12.8 Å². The van der Waals surface area contributed by atoms with Crippen LogP contribution in [0.25, 0.3) is 10.4 Å². The number of rotatable bonds is 10. The van der Waals surface area contributed by atoms with Crippen LogP contribution in [0.1, 0.15) is 34.5 Å². The van der Waals surface area contributed by atoms with E-state index in [1.807, 2.05) is 31.2 Å². The van der Waals surface area contributed by atoms with E-state index in [-0.39, 0.29) is 17.4 Å². The number of nitrogens with zero attached hydrogens (tertiary/aromatic N) is 2. The summed E-state index contributed by atoms with van der Waals surface area (Å²) in [5, 5.41) is 0.343. The zero-order valence-corrected chi connectivity index (χ0v) is 19.9. The molecule has 0 spiro atoms. The number of aryl methyl sites for hydroxylation is 1. The molecule has 9 heteroatoms. The Balaban J connectivity index is 1.56. The van der Waals surface area contributed by atoms with Gasteiger partial charge in [0.25, 0.3) is 5.91 Å². The summed E-state index contributed by atoms with van der Waals surface area (Å²) in [6.45, 7) is 0.0863. The maximum atomic E-state index is 13.6. The molecule has 0 saturated heterocycles. The number of thiazole rings is 1. The van der Waals surface area contributed by atoms with Gasteiger partial charge in [-0.1, -0.05) is 47.2 Å². The quantitative estimate of drug-likeness (QED) is 0.414. The molecule has 4 rings (SSSR count). The van der Waals surface area contributed by atoms with Crippen LogP contribution in [-0.4, -0.2) is 42.6 Å². The Bertz CT molecular complexity index is 1160. The van der Waals surface area contributed by atoms with Crippen molar-refractivity contribution in [1.82, 2.24) is 9.88 Å². The van der Waals surface area contributed by atoms with Gasteiger partial charge in [0.1, 0.15) is 5.69 Å². The zero-order chi connectivity index (χ0) is 24.2. The Morgan fingerprint density at radius 1 is 1.24 bits per heavy atom. The number of methoxy groups -OCH3 is 1. The lowest BCUT2D eigenvalue weighted by atomic mass is 10.1. The van der Waals surface area contributed by atoms with E-state index in [1.165, 1.54) is 24.5 Å². The molecule has 0 radical (unpaired) electrons. The highest BCUT2D eigenvalue weighted by atomic mass is 32.1. The number of ether oxygens (including phenoxy) is 2. The topological polar surface area (TPSA) is 77.7 Å². The van der Waals surface area contributed by atoms with Crippen LogP contribution in [-0.2, 0) is 6.42 Å². The van der Waals surface area contributed by atoms with Gasteiger partial charge in [0.2, 0.25) is 0 Å². The predicted molar refractivity (Wildman–Crippen MR) is 129 cm³/mol. The second-order valence-electron chi connectivity index (χ2n) is 8.41. The number of nitrogen functional groups attached to an aromatic ring is 1. The summed E-state index contributed by atoms with van der Waals surface area (Å²) in [4.78, 5) is 20.5. The molecule has 34 heavy (non-hydrogen) atoms. The predicted octanol–water partition coefficient (Wildman–Crippen LogP) is 5.41. The third kappa shape index (κ3) is 5.83. The second kappa shape index (κ2) is 10.4. The SMILES string of the molecule is COc1ccc(CCN(CC2CC2)C(=O)c2nc(N)sc2-c2cccc(C)c2)cc1OC(F)F. The first-order valence-electron chi connectivity index (χ1n) is 11.1. The molecule has 1 fully saturated rings. The lowest BCUT2D eigenvalue weighted by Gasteiger charge is -2.23.